The Bertz CT molecular complexity index is 531. The summed E-state index contributed by atoms with van der Waals surface area (Å²) >= 11 is 0. The number of benzene rings is 1. The van der Waals surface area contributed by atoms with E-state index in [9.17, 15) is 5.11 Å². The average molecular weight is 260 g/mol. The van der Waals surface area contributed by atoms with E-state index in [0.717, 1.165) is 37.1 Å². The van der Waals surface area contributed by atoms with Gasteiger partial charge >= 0.3 is 0 Å². The number of aryl methyl sites for hydroxylation is 2. The number of hydrogen-bond acceptors (Lipinski definition) is 2. The van der Waals surface area contributed by atoms with Crippen molar-refractivity contribution in [2.24, 2.45) is 5.92 Å². The van der Waals surface area contributed by atoms with E-state index in [1.165, 1.54) is 5.52 Å². The number of aliphatic hydroxyl groups is 1. The Morgan fingerprint density at radius 3 is 2.68 bits per heavy atom. The second-order valence-corrected chi connectivity index (χ2v) is 5.46. The maximum absolute atomic E-state index is 9.84. The summed E-state index contributed by atoms with van der Waals surface area (Å²) in [6, 6.07) is 8.27. The maximum atomic E-state index is 9.84. The van der Waals surface area contributed by atoms with Gasteiger partial charge in [-0.3, -0.25) is 0 Å². The minimum atomic E-state index is -0.195. The number of aromatic nitrogens is 2. The summed E-state index contributed by atoms with van der Waals surface area (Å²) in [5, 5.41) is 9.84. The normalized spacial score (nSPS) is 13.3. The Morgan fingerprint density at radius 1 is 1.26 bits per heavy atom. The third kappa shape index (κ3) is 3.16. The monoisotopic (exact) mass is 260 g/mol. The van der Waals surface area contributed by atoms with Gasteiger partial charge in [0.15, 0.2) is 0 Å². The van der Waals surface area contributed by atoms with Crippen molar-refractivity contribution in [2.75, 3.05) is 0 Å². The molecule has 0 spiro atoms. The van der Waals surface area contributed by atoms with Gasteiger partial charge < -0.3 is 9.67 Å². The molecular formula is C16H24N2O. The van der Waals surface area contributed by atoms with Crippen molar-refractivity contribution in [3.63, 3.8) is 0 Å². The predicted molar refractivity (Wildman–Crippen MR) is 79.2 cm³/mol. The van der Waals surface area contributed by atoms with Gasteiger partial charge in [0.25, 0.3) is 0 Å². The van der Waals surface area contributed by atoms with E-state index in [0.29, 0.717) is 5.92 Å². The van der Waals surface area contributed by atoms with Gasteiger partial charge in [0.1, 0.15) is 5.82 Å². The van der Waals surface area contributed by atoms with E-state index in [1.807, 2.05) is 6.07 Å². The second-order valence-electron chi connectivity index (χ2n) is 5.46. The summed E-state index contributed by atoms with van der Waals surface area (Å²) in [7, 11) is 0. The van der Waals surface area contributed by atoms with E-state index < -0.39 is 0 Å². The lowest BCUT2D eigenvalue weighted by Gasteiger charge is -2.14. The van der Waals surface area contributed by atoms with Gasteiger partial charge in [0, 0.05) is 13.0 Å². The van der Waals surface area contributed by atoms with Gasteiger partial charge in [0.05, 0.1) is 17.1 Å². The molecule has 0 aliphatic rings. The zero-order valence-corrected chi connectivity index (χ0v) is 12.1. The first-order valence-corrected chi connectivity index (χ1v) is 7.25. The molecule has 0 fully saturated rings. The minimum Gasteiger partial charge on any atom is -0.393 e. The first-order chi connectivity index (χ1) is 9.13. The number of aliphatic hydroxyl groups excluding tert-OH is 1. The number of para-hydroxylation sites is 2. The molecule has 3 heteroatoms. The van der Waals surface area contributed by atoms with E-state index in [4.69, 9.17) is 4.98 Å². The molecule has 19 heavy (non-hydrogen) atoms. The molecule has 0 amide bonds. The lowest BCUT2D eigenvalue weighted by molar-refractivity contribution is 0.114. The number of nitrogens with zero attached hydrogens (tertiary/aromatic N) is 2. The lowest BCUT2D eigenvalue weighted by Crippen LogP contribution is -2.15. The highest BCUT2D eigenvalue weighted by molar-refractivity contribution is 5.75. The second kappa shape index (κ2) is 6.20. The van der Waals surface area contributed by atoms with Crippen LogP contribution in [0, 0.1) is 5.92 Å². The molecule has 0 bridgehead atoms. The Kier molecular flexibility index (Phi) is 4.59. The van der Waals surface area contributed by atoms with Gasteiger partial charge in [-0.15, -0.1) is 0 Å². The molecule has 1 unspecified atom stereocenters. The van der Waals surface area contributed by atoms with Gasteiger partial charge in [0.2, 0.25) is 0 Å². The van der Waals surface area contributed by atoms with Crippen LogP contribution >= 0.6 is 0 Å². The molecule has 3 nitrogen and oxygen atoms in total. The van der Waals surface area contributed by atoms with Crippen molar-refractivity contribution in [3.05, 3.63) is 30.1 Å². The molecule has 1 aromatic carbocycles. The van der Waals surface area contributed by atoms with Crippen molar-refractivity contribution in [2.45, 2.75) is 52.7 Å². The highest BCUT2D eigenvalue weighted by Gasteiger charge is 2.12. The van der Waals surface area contributed by atoms with Crippen LogP contribution in [0.2, 0.25) is 0 Å². The van der Waals surface area contributed by atoms with Crippen LogP contribution in [0.4, 0.5) is 0 Å². The van der Waals surface area contributed by atoms with Crippen LogP contribution in [0.25, 0.3) is 11.0 Å². The lowest BCUT2D eigenvalue weighted by atomic mass is 10.0. The van der Waals surface area contributed by atoms with Crippen LogP contribution in [0.1, 0.15) is 39.4 Å². The molecule has 1 atom stereocenters. The summed E-state index contributed by atoms with van der Waals surface area (Å²) in [6.45, 7) is 7.22. The van der Waals surface area contributed by atoms with Crippen LogP contribution in [0.3, 0.4) is 0 Å². The van der Waals surface area contributed by atoms with Crippen molar-refractivity contribution >= 4 is 11.0 Å². The van der Waals surface area contributed by atoms with E-state index in [1.54, 1.807) is 0 Å². The number of hydrogen-bond donors (Lipinski definition) is 1. The Morgan fingerprint density at radius 2 is 2.00 bits per heavy atom. The van der Waals surface area contributed by atoms with Crippen LogP contribution < -0.4 is 0 Å². The largest absolute Gasteiger partial charge is 0.393 e. The van der Waals surface area contributed by atoms with Gasteiger partial charge in [-0.25, -0.2) is 4.98 Å². The molecule has 2 aromatic rings. The zero-order valence-electron chi connectivity index (χ0n) is 12.1. The standard InChI is InChI=1S/C16H24N2O/c1-4-18-14-9-6-5-8-13(14)17-16(18)11-7-10-15(19)12(2)3/h5-6,8-9,12,15,19H,4,7,10-11H2,1-3H3. The Labute approximate surface area is 115 Å². The van der Waals surface area contributed by atoms with Crippen molar-refractivity contribution in [1.29, 1.82) is 0 Å². The predicted octanol–water partition coefficient (Wildman–Crippen LogP) is 3.40. The third-order valence-electron chi connectivity index (χ3n) is 3.72. The summed E-state index contributed by atoms with van der Waals surface area (Å²) < 4.78 is 2.27. The minimum absolute atomic E-state index is 0.195. The molecule has 1 N–H and O–H groups in total. The van der Waals surface area contributed by atoms with Crippen molar-refractivity contribution in [3.8, 4) is 0 Å². The summed E-state index contributed by atoms with van der Waals surface area (Å²) in [4.78, 5) is 4.71. The van der Waals surface area contributed by atoms with Crippen molar-refractivity contribution < 1.29 is 5.11 Å². The van der Waals surface area contributed by atoms with Gasteiger partial charge in [-0.05, 0) is 37.8 Å². The molecule has 0 radical (unpaired) electrons. The molecule has 0 aliphatic heterocycles. The molecule has 1 heterocycles. The molecule has 1 aromatic heterocycles. The van der Waals surface area contributed by atoms with Crippen LogP contribution in [-0.2, 0) is 13.0 Å². The molecule has 0 aliphatic carbocycles. The highest BCUT2D eigenvalue weighted by Crippen LogP contribution is 2.18. The van der Waals surface area contributed by atoms with E-state index >= 15 is 0 Å². The Hall–Kier alpha value is -1.35. The third-order valence-corrected chi connectivity index (χ3v) is 3.72. The highest BCUT2D eigenvalue weighted by atomic mass is 16.3. The zero-order chi connectivity index (χ0) is 13.8. The van der Waals surface area contributed by atoms with Crippen LogP contribution in [-0.4, -0.2) is 20.8 Å². The Balaban J connectivity index is 2.08. The molecule has 104 valence electrons. The van der Waals surface area contributed by atoms with Gasteiger partial charge in [-0.2, -0.15) is 0 Å². The smallest absolute Gasteiger partial charge is 0.109 e. The van der Waals surface area contributed by atoms with Gasteiger partial charge in [-0.1, -0.05) is 26.0 Å². The molecule has 0 saturated carbocycles. The first-order valence-electron chi connectivity index (χ1n) is 7.25. The maximum Gasteiger partial charge on any atom is 0.109 e. The molecular weight excluding hydrogens is 236 g/mol. The fourth-order valence-corrected chi connectivity index (χ4v) is 2.47. The number of rotatable bonds is 6. The quantitative estimate of drug-likeness (QED) is 0.864. The summed E-state index contributed by atoms with van der Waals surface area (Å²) in [6.07, 6.45) is 2.58. The van der Waals surface area contributed by atoms with E-state index in [2.05, 4.69) is 43.5 Å². The molecule has 0 saturated heterocycles. The average Bonchev–Trinajstić information content (AvgIpc) is 2.75. The first kappa shape index (κ1) is 14.1. The summed E-state index contributed by atoms with van der Waals surface area (Å²) in [5.74, 6) is 1.48. The summed E-state index contributed by atoms with van der Waals surface area (Å²) in [5.41, 5.74) is 2.29. The van der Waals surface area contributed by atoms with Crippen molar-refractivity contribution in [1.82, 2.24) is 9.55 Å². The number of imidazole rings is 1. The fourth-order valence-electron chi connectivity index (χ4n) is 2.47. The van der Waals surface area contributed by atoms with E-state index in [-0.39, 0.29) is 6.10 Å². The van der Waals surface area contributed by atoms with Crippen LogP contribution in [0.15, 0.2) is 24.3 Å². The topological polar surface area (TPSA) is 38.0 Å². The fraction of sp³-hybridized carbons (Fsp3) is 0.562. The SMILES string of the molecule is CCn1c(CCCC(O)C(C)C)nc2ccccc21. The molecule has 2 rings (SSSR count). The number of fused-ring (bicyclic) bond motifs is 1. The van der Waals surface area contributed by atoms with Crippen LogP contribution in [0.5, 0.6) is 0 Å².